The Morgan fingerprint density at radius 1 is 1.31 bits per heavy atom. The first-order valence-electron chi connectivity index (χ1n) is 5.42. The average Bonchev–Trinajstić information content (AvgIpc) is 2.83. The zero-order valence-corrected chi connectivity index (χ0v) is 10.6. The third-order valence-electron chi connectivity index (χ3n) is 2.30. The average molecular weight is 287 g/mol. The van der Waals surface area contributed by atoms with Crippen molar-refractivity contribution in [3.05, 3.63) is 29.8 Å². The summed E-state index contributed by atoms with van der Waals surface area (Å²) in [5, 5.41) is 0.960. The van der Waals surface area contributed by atoms with E-state index in [0.29, 0.717) is 13.2 Å². The second-order valence-electron chi connectivity index (χ2n) is 3.54. The van der Waals surface area contributed by atoms with E-state index in [1.807, 2.05) is 24.3 Å². The maximum absolute atomic E-state index is 5.61. The molecule has 1 aliphatic heterocycles. The fraction of sp³-hybridized carbons (Fsp3) is 0.500. The normalized spacial score (nSPS) is 16.6. The number of hydrogen-bond donors (Lipinski definition) is 0. The minimum absolute atomic E-state index is 0.222. The van der Waals surface area contributed by atoms with Crippen LogP contribution in [0, 0.1) is 0 Å². The van der Waals surface area contributed by atoms with Crippen molar-refractivity contribution in [2.24, 2.45) is 0 Å². The number of rotatable bonds is 5. The van der Waals surface area contributed by atoms with Crippen LogP contribution in [0.15, 0.2) is 24.3 Å². The van der Waals surface area contributed by atoms with Crippen LogP contribution in [0.4, 0.5) is 0 Å². The van der Waals surface area contributed by atoms with Gasteiger partial charge in [0.05, 0.1) is 19.8 Å². The highest BCUT2D eigenvalue weighted by atomic mass is 79.9. The van der Waals surface area contributed by atoms with Crippen LogP contribution in [0.1, 0.15) is 18.3 Å². The Labute approximate surface area is 104 Å². The summed E-state index contributed by atoms with van der Waals surface area (Å²) in [5.41, 5.74) is 1.02. The summed E-state index contributed by atoms with van der Waals surface area (Å²) < 4.78 is 16.5. The van der Waals surface area contributed by atoms with E-state index in [9.17, 15) is 0 Å². The van der Waals surface area contributed by atoms with Gasteiger partial charge in [-0.2, -0.15) is 0 Å². The molecule has 0 radical (unpaired) electrons. The SMILES string of the molecule is BrCCCOc1cccc(C2OCCO2)c1. The quantitative estimate of drug-likeness (QED) is 0.615. The monoisotopic (exact) mass is 286 g/mol. The molecule has 3 nitrogen and oxygen atoms in total. The molecule has 2 rings (SSSR count). The molecule has 1 heterocycles. The van der Waals surface area contributed by atoms with Crippen LogP contribution in [0.25, 0.3) is 0 Å². The van der Waals surface area contributed by atoms with Crippen LogP contribution in [-0.2, 0) is 9.47 Å². The molecule has 0 spiro atoms. The molecule has 0 amide bonds. The van der Waals surface area contributed by atoms with Crippen molar-refractivity contribution >= 4 is 15.9 Å². The molecule has 0 aliphatic carbocycles. The second kappa shape index (κ2) is 6.23. The lowest BCUT2D eigenvalue weighted by Crippen LogP contribution is -2.01. The lowest BCUT2D eigenvalue weighted by Gasteiger charge is -2.11. The molecule has 0 saturated carbocycles. The minimum atomic E-state index is -0.222. The van der Waals surface area contributed by atoms with Crippen molar-refractivity contribution in [2.75, 3.05) is 25.2 Å². The fourth-order valence-electron chi connectivity index (χ4n) is 1.55. The summed E-state index contributed by atoms with van der Waals surface area (Å²) in [6.45, 7) is 2.06. The standard InChI is InChI=1S/C12H15BrO3/c13-5-2-6-14-11-4-1-3-10(9-11)12-15-7-8-16-12/h1,3-4,9,12H,2,5-8H2. The van der Waals surface area contributed by atoms with Crippen molar-refractivity contribution in [3.63, 3.8) is 0 Å². The highest BCUT2D eigenvalue weighted by Gasteiger charge is 2.18. The molecular formula is C12H15BrO3. The molecule has 88 valence electrons. The molecule has 0 aromatic heterocycles. The van der Waals surface area contributed by atoms with Crippen LogP contribution in [0.3, 0.4) is 0 Å². The first-order chi connectivity index (χ1) is 7.90. The van der Waals surface area contributed by atoms with Gasteiger partial charge < -0.3 is 14.2 Å². The summed E-state index contributed by atoms with van der Waals surface area (Å²) in [5.74, 6) is 0.873. The summed E-state index contributed by atoms with van der Waals surface area (Å²) in [6, 6.07) is 7.88. The topological polar surface area (TPSA) is 27.7 Å². The van der Waals surface area contributed by atoms with Crippen LogP contribution in [0.5, 0.6) is 5.75 Å². The number of benzene rings is 1. The van der Waals surface area contributed by atoms with Gasteiger partial charge in [0.1, 0.15) is 5.75 Å². The van der Waals surface area contributed by atoms with Gasteiger partial charge >= 0.3 is 0 Å². The van der Waals surface area contributed by atoms with Gasteiger partial charge in [-0.3, -0.25) is 0 Å². The molecule has 4 heteroatoms. The molecule has 1 fully saturated rings. The number of ether oxygens (including phenoxy) is 3. The van der Waals surface area contributed by atoms with E-state index in [-0.39, 0.29) is 6.29 Å². The molecule has 0 unspecified atom stereocenters. The number of halogens is 1. The summed E-state index contributed by atoms with van der Waals surface area (Å²) in [6.07, 6.45) is 0.778. The first kappa shape index (κ1) is 11.9. The van der Waals surface area contributed by atoms with Crippen molar-refractivity contribution in [2.45, 2.75) is 12.7 Å². The Balaban J connectivity index is 1.95. The fourth-order valence-corrected chi connectivity index (χ4v) is 1.78. The van der Waals surface area contributed by atoms with E-state index in [4.69, 9.17) is 14.2 Å². The largest absolute Gasteiger partial charge is 0.494 e. The summed E-state index contributed by atoms with van der Waals surface area (Å²) in [4.78, 5) is 0. The van der Waals surface area contributed by atoms with E-state index >= 15 is 0 Å². The van der Waals surface area contributed by atoms with Gasteiger partial charge in [-0.1, -0.05) is 28.1 Å². The van der Waals surface area contributed by atoms with Crippen LogP contribution in [0.2, 0.25) is 0 Å². The zero-order valence-electron chi connectivity index (χ0n) is 9.02. The van der Waals surface area contributed by atoms with Gasteiger partial charge in [-0.05, 0) is 18.6 Å². The maximum atomic E-state index is 5.61. The lowest BCUT2D eigenvalue weighted by molar-refractivity contribution is -0.0442. The zero-order chi connectivity index (χ0) is 11.2. The van der Waals surface area contributed by atoms with Crippen molar-refractivity contribution < 1.29 is 14.2 Å². The second-order valence-corrected chi connectivity index (χ2v) is 4.33. The molecule has 1 aromatic carbocycles. The van der Waals surface area contributed by atoms with Gasteiger partial charge in [0.25, 0.3) is 0 Å². The predicted molar refractivity (Wildman–Crippen MR) is 65.0 cm³/mol. The molecule has 1 aromatic rings. The first-order valence-corrected chi connectivity index (χ1v) is 6.54. The Morgan fingerprint density at radius 3 is 2.88 bits per heavy atom. The van der Waals surface area contributed by atoms with Crippen LogP contribution >= 0.6 is 15.9 Å². The molecule has 0 N–H and O–H groups in total. The molecule has 1 saturated heterocycles. The van der Waals surface area contributed by atoms with Gasteiger partial charge in [0.2, 0.25) is 0 Å². The molecule has 1 aliphatic rings. The predicted octanol–water partition coefficient (Wildman–Crippen LogP) is 2.90. The van der Waals surface area contributed by atoms with E-state index in [2.05, 4.69) is 15.9 Å². The van der Waals surface area contributed by atoms with E-state index in [1.165, 1.54) is 0 Å². The summed E-state index contributed by atoms with van der Waals surface area (Å²) in [7, 11) is 0. The Bertz CT molecular complexity index is 324. The number of hydrogen-bond acceptors (Lipinski definition) is 3. The van der Waals surface area contributed by atoms with Crippen LogP contribution < -0.4 is 4.74 Å². The van der Waals surface area contributed by atoms with Crippen molar-refractivity contribution in [1.82, 2.24) is 0 Å². The smallest absolute Gasteiger partial charge is 0.184 e. The summed E-state index contributed by atoms with van der Waals surface area (Å²) >= 11 is 3.37. The van der Waals surface area contributed by atoms with E-state index < -0.39 is 0 Å². The molecule has 16 heavy (non-hydrogen) atoms. The highest BCUT2D eigenvalue weighted by Crippen LogP contribution is 2.26. The third-order valence-corrected chi connectivity index (χ3v) is 2.86. The Hall–Kier alpha value is -0.580. The van der Waals surface area contributed by atoms with E-state index in [0.717, 1.165) is 29.7 Å². The third kappa shape index (κ3) is 3.20. The minimum Gasteiger partial charge on any atom is -0.494 e. The van der Waals surface area contributed by atoms with Gasteiger partial charge in [0.15, 0.2) is 6.29 Å². The van der Waals surface area contributed by atoms with Gasteiger partial charge in [-0.25, -0.2) is 0 Å². The van der Waals surface area contributed by atoms with Crippen LogP contribution in [-0.4, -0.2) is 25.2 Å². The Kier molecular flexibility index (Phi) is 4.63. The molecule has 0 bridgehead atoms. The maximum Gasteiger partial charge on any atom is 0.184 e. The Morgan fingerprint density at radius 2 is 2.12 bits per heavy atom. The highest BCUT2D eigenvalue weighted by molar-refractivity contribution is 9.09. The lowest BCUT2D eigenvalue weighted by atomic mass is 10.2. The van der Waals surface area contributed by atoms with Gasteiger partial charge in [0, 0.05) is 10.9 Å². The molecular weight excluding hydrogens is 272 g/mol. The van der Waals surface area contributed by atoms with Gasteiger partial charge in [-0.15, -0.1) is 0 Å². The molecule has 0 atom stereocenters. The van der Waals surface area contributed by atoms with E-state index in [1.54, 1.807) is 0 Å². The van der Waals surface area contributed by atoms with Crippen molar-refractivity contribution in [1.29, 1.82) is 0 Å². The number of alkyl halides is 1. The van der Waals surface area contributed by atoms with Crippen molar-refractivity contribution in [3.8, 4) is 5.75 Å².